The van der Waals surface area contributed by atoms with Crippen LogP contribution in [0.2, 0.25) is 0 Å². The summed E-state index contributed by atoms with van der Waals surface area (Å²) in [4.78, 5) is 25.3. The quantitative estimate of drug-likeness (QED) is 0.543. The maximum Gasteiger partial charge on any atom is 0.586 e. The number of benzene rings is 2. The summed E-state index contributed by atoms with van der Waals surface area (Å²) in [6, 6.07) is 5.18. The van der Waals surface area contributed by atoms with Crippen molar-refractivity contribution in [2.75, 3.05) is 30.8 Å². The molecule has 2 amide bonds. The van der Waals surface area contributed by atoms with Gasteiger partial charge in [-0.1, -0.05) is 0 Å². The van der Waals surface area contributed by atoms with Crippen LogP contribution < -0.4 is 20.1 Å². The smallest absolute Gasteiger partial charge is 0.395 e. The van der Waals surface area contributed by atoms with Gasteiger partial charge in [0.05, 0.1) is 18.8 Å². The number of hydrogen-bond donors (Lipinski definition) is 2. The van der Waals surface area contributed by atoms with E-state index in [1.54, 1.807) is 0 Å². The molecule has 2 aromatic rings. The molecule has 0 aliphatic carbocycles. The van der Waals surface area contributed by atoms with Crippen molar-refractivity contribution in [3.63, 3.8) is 0 Å². The van der Waals surface area contributed by atoms with Gasteiger partial charge in [-0.05, 0) is 31.3 Å². The average Bonchev–Trinajstić information content (AvgIpc) is 2.95. The normalized spacial score (nSPS) is 14.0. The molecule has 1 aliphatic heterocycles. The Bertz CT molecular complexity index is 1000. The highest BCUT2D eigenvalue weighted by molar-refractivity contribution is 5.95. The van der Waals surface area contributed by atoms with Crippen molar-refractivity contribution in [1.29, 1.82) is 0 Å². The van der Waals surface area contributed by atoms with Crippen molar-refractivity contribution in [2.45, 2.75) is 6.29 Å². The molecular formula is C18H14F5N3O4. The van der Waals surface area contributed by atoms with Crippen LogP contribution in [0.1, 0.15) is 0 Å². The van der Waals surface area contributed by atoms with Gasteiger partial charge in [0.2, 0.25) is 11.8 Å². The molecule has 3 rings (SSSR count). The molecule has 2 aromatic carbocycles. The molecule has 7 nitrogen and oxygen atoms in total. The van der Waals surface area contributed by atoms with E-state index < -0.39 is 41.2 Å². The number of hydrogen-bond acceptors (Lipinski definition) is 5. The van der Waals surface area contributed by atoms with Crippen LogP contribution in [0, 0.1) is 17.5 Å². The third-order valence-electron chi connectivity index (χ3n) is 3.82. The number of carbonyl (C=O) groups excluding carboxylic acids is 2. The minimum atomic E-state index is -3.79. The van der Waals surface area contributed by atoms with Crippen LogP contribution in [0.4, 0.5) is 33.3 Å². The lowest BCUT2D eigenvalue weighted by molar-refractivity contribution is -0.286. The number of nitrogens with zero attached hydrogens (tertiary/aromatic N) is 1. The number of nitrogens with one attached hydrogen (secondary N) is 2. The fourth-order valence-electron chi connectivity index (χ4n) is 2.59. The van der Waals surface area contributed by atoms with Gasteiger partial charge in [-0.25, -0.2) is 13.2 Å². The van der Waals surface area contributed by atoms with Gasteiger partial charge in [0.25, 0.3) is 0 Å². The predicted octanol–water partition coefficient (Wildman–Crippen LogP) is 2.93. The maximum atomic E-state index is 13.6. The van der Waals surface area contributed by atoms with Crippen LogP contribution in [-0.4, -0.2) is 43.1 Å². The SMILES string of the molecule is CN(CC(=O)Nc1ccc2c(c1)OC(F)(F)O2)CC(=O)Nc1ccc(F)c(F)c1F. The summed E-state index contributed by atoms with van der Waals surface area (Å²) in [6.45, 7) is -0.669. The van der Waals surface area contributed by atoms with Crippen LogP contribution in [0.15, 0.2) is 30.3 Å². The van der Waals surface area contributed by atoms with Gasteiger partial charge in [-0.3, -0.25) is 14.5 Å². The zero-order chi connectivity index (χ0) is 22.1. The first kappa shape index (κ1) is 21.3. The van der Waals surface area contributed by atoms with E-state index in [0.717, 1.165) is 12.1 Å². The summed E-state index contributed by atoms with van der Waals surface area (Å²) >= 11 is 0. The molecule has 0 spiro atoms. The molecule has 0 atom stereocenters. The van der Waals surface area contributed by atoms with E-state index in [1.165, 1.54) is 24.1 Å². The highest BCUT2D eigenvalue weighted by Gasteiger charge is 2.43. The Kier molecular flexibility index (Phi) is 5.78. The summed E-state index contributed by atoms with van der Waals surface area (Å²) in [5.74, 6) is -6.46. The number of fused-ring (bicyclic) bond motifs is 1. The molecule has 12 heteroatoms. The number of halogens is 5. The lowest BCUT2D eigenvalue weighted by atomic mass is 10.2. The number of amides is 2. The topological polar surface area (TPSA) is 79.9 Å². The standard InChI is InChI=1S/C18H14F5N3O4/c1-26(8-15(28)25-11-4-3-10(19)16(20)17(11)21)7-14(27)24-9-2-5-12-13(6-9)30-18(22,23)29-12/h2-6H,7-8H2,1H3,(H,24,27)(H,25,28). The van der Waals surface area contributed by atoms with Crippen molar-refractivity contribution in [1.82, 2.24) is 4.90 Å². The number of anilines is 2. The predicted molar refractivity (Wildman–Crippen MR) is 93.7 cm³/mol. The van der Waals surface area contributed by atoms with E-state index in [-0.39, 0.29) is 30.3 Å². The van der Waals surface area contributed by atoms with Gasteiger partial charge in [0.15, 0.2) is 29.0 Å². The number of carbonyl (C=O) groups is 2. The highest BCUT2D eigenvalue weighted by atomic mass is 19.3. The number of likely N-dealkylation sites (N-methyl/N-ethyl adjacent to an activating group) is 1. The Morgan fingerprint density at radius 3 is 2.27 bits per heavy atom. The molecular weight excluding hydrogens is 417 g/mol. The van der Waals surface area contributed by atoms with Gasteiger partial charge < -0.3 is 20.1 Å². The van der Waals surface area contributed by atoms with E-state index in [1.807, 2.05) is 0 Å². The maximum absolute atomic E-state index is 13.6. The first-order chi connectivity index (χ1) is 14.0. The third kappa shape index (κ3) is 4.95. The van der Waals surface area contributed by atoms with Gasteiger partial charge in [0, 0.05) is 11.8 Å². The molecule has 0 bridgehead atoms. The minimum Gasteiger partial charge on any atom is -0.395 e. The van der Waals surface area contributed by atoms with Crippen LogP contribution in [0.3, 0.4) is 0 Å². The van der Waals surface area contributed by atoms with Gasteiger partial charge in [0.1, 0.15) is 0 Å². The summed E-state index contributed by atoms with van der Waals surface area (Å²) in [6.07, 6.45) is -3.79. The number of alkyl halides is 2. The van der Waals surface area contributed by atoms with Crippen molar-refractivity contribution in [3.8, 4) is 11.5 Å². The van der Waals surface area contributed by atoms with Gasteiger partial charge in [-0.15, -0.1) is 8.78 Å². The lowest BCUT2D eigenvalue weighted by Gasteiger charge is -2.16. The molecule has 0 saturated heterocycles. The second-order valence-corrected chi connectivity index (χ2v) is 6.32. The molecule has 0 unspecified atom stereocenters. The van der Waals surface area contributed by atoms with Crippen LogP contribution >= 0.6 is 0 Å². The second-order valence-electron chi connectivity index (χ2n) is 6.32. The van der Waals surface area contributed by atoms with Crippen molar-refractivity contribution >= 4 is 23.2 Å². The fourth-order valence-corrected chi connectivity index (χ4v) is 2.59. The molecule has 1 aliphatic rings. The molecule has 30 heavy (non-hydrogen) atoms. The van der Waals surface area contributed by atoms with E-state index >= 15 is 0 Å². The second kappa shape index (κ2) is 8.14. The molecule has 0 radical (unpaired) electrons. The van der Waals surface area contributed by atoms with Crippen LogP contribution in [-0.2, 0) is 9.59 Å². The Morgan fingerprint density at radius 1 is 0.933 bits per heavy atom. The van der Waals surface area contributed by atoms with Crippen LogP contribution in [0.25, 0.3) is 0 Å². The lowest BCUT2D eigenvalue weighted by Crippen LogP contribution is -2.36. The molecule has 0 fully saturated rings. The Balaban J connectivity index is 1.51. The average molecular weight is 431 g/mol. The summed E-state index contributed by atoms with van der Waals surface area (Å²) in [7, 11) is 1.40. The van der Waals surface area contributed by atoms with E-state index in [4.69, 9.17) is 0 Å². The largest absolute Gasteiger partial charge is 0.586 e. The third-order valence-corrected chi connectivity index (χ3v) is 3.82. The Hall–Kier alpha value is -3.41. The zero-order valence-electron chi connectivity index (χ0n) is 15.3. The summed E-state index contributed by atoms with van der Waals surface area (Å²) in [5.41, 5.74) is -0.393. The molecule has 1 heterocycles. The first-order valence-corrected chi connectivity index (χ1v) is 8.36. The Morgan fingerprint density at radius 2 is 1.57 bits per heavy atom. The minimum absolute atomic E-state index is 0.154. The summed E-state index contributed by atoms with van der Waals surface area (Å²) < 4.78 is 74.2. The first-order valence-electron chi connectivity index (χ1n) is 8.36. The number of ether oxygens (including phenoxy) is 2. The zero-order valence-corrected chi connectivity index (χ0v) is 15.3. The molecule has 0 saturated carbocycles. The van der Waals surface area contributed by atoms with Crippen molar-refractivity contribution in [2.24, 2.45) is 0 Å². The molecule has 2 N–H and O–H groups in total. The molecule has 160 valence electrons. The van der Waals surface area contributed by atoms with Crippen molar-refractivity contribution in [3.05, 3.63) is 47.8 Å². The van der Waals surface area contributed by atoms with E-state index in [9.17, 15) is 31.5 Å². The number of rotatable bonds is 6. The highest BCUT2D eigenvalue weighted by Crippen LogP contribution is 2.42. The summed E-state index contributed by atoms with van der Waals surface area (Å²) in [5, 5.41) is 4.50. The Labute approximate surface area is 166 Å². The van der Waals surface area contributed by atoms with Crippen LogP contribution in [0.5, 0.6) is 11.5 Å². The molecule has 0 aromatic heterocycles. The van der Waals surface area contributed by atoms with E-state index in [2.05, 4.69) is 20.1 Å². The monoisotopic (exact) mass is 431 g/mol. The van der Waals surface area contributed by atoms with E-state index in [0.29, 0.717) is 6.07 Å². The fraction of sp³-hybridized carbons (Fsp3) is 0.222. The van der Waals surface area contributed by atoms with Gasteiger partial charge in [-0.2, -0.15) is 0 Å². The van der Waals surface area contributed by atoms with Gasteiger partial charge >= 0.3 is 6.29 Å². The van der Waals surface area contributed by atoms with Crippen molar-refractivity contribution < 1.29 is 41.0 Å².